The molecule has 5 aromatic rings. The van der Waals surface area contributed by atoms with E-state index in [1.165, 1.54) is 73.3 Å². The Bertz CT molecular complexity index is 4130. The zero-order chi connectivity index (χ0) is 75.0. The Balaban J connectivity index is 1.14. The van der Waals surface area contributed by atoms with Crippen LogP contribution in [0.3, 0.4) is 0 Å². The molecule has 2 amide bonds. The summed E-state index contributed by atoms with van der Waals surface area (Å²) in [6.45, 7) is 9.53. The van der Waals surface area contributed by atoms with E-state index in [1.807, 2.05) is 0 Å². The van der Waals surface area contributed by atoms with Gasteiger partial charge in [-0.2, -0.15) is 0 Å². The molecule has 0 saturated carbocycles. The minimum atomic E-state index is -5.47. The number of anilines is 1. The number of carbonyl (C=O) groups is 9. The molecule has 37 heteroatoms. The van der Waals surface area contributed by atoms with E-state index in [9.17, 15) is 46.8 Å². The smallest absolute Gasteiger partial charge is 0.497 e. The third-order valence-corrected chi connectivity index (χ3v) is 17.1. The van der Waals surface area contributed by atoms with Gasteiger partial charge in [0.05, 0.1) is 73.3 Å². The van der Waals surface area contributed by atoms with Crippen molar-refractivity contribution >= 4 is 103 Å². The monoisotopic (exact) mass is 1480 g/mol. The number of hydrogen-bond acceptors (Lipinski definition) is 30. The first-order valence-corrected chi connectivity index (χ1v) is 33.8. The lowest BCUT2D eigenvalue weighted by atomic mass is 9.90. The number of nitrogens with one attached hydrogen (secondary N) is 1. The van der Waals surface area contributed by atoms with E-state index in [1.54, 1.807) is 13.0 Å². The van der Waals surface area contributed by atoms with Crippen LogP contribution >= 0.6 is 11.6 Å². The van der Waals surface area contributed by atoms with Gasteiger partial charge in [-0.05, 0) is 71.9 Å². The standard InChI is InChI=1S/C66H77ClN6O29S/c1-12-91-50-27-40-25-46(70-45(40)29-51(50)98-66-60(96-38(7)78)57(94-36(5)76)56(93-35(4)75)58(100-66)64(82)87-11)62(80)73-32-41(31-67)53-44-28-42(85-9)14-15-43(44)49(30-47(53)73)101-103(83,84)102-52-26-39(61(79)72(8)18-20-89-22-24-90-23-21-88-19-17-69-71-68)13-16-48(52)97-65-59(95-37(6)77)54(92-34(3)74)33(2)55(99-65)63(81)86-10/h13-16,25-30,33,41,54-60,65-66,70H,12,17-24,31-32H2,1-11H3/t33-,41+,54-,55-,56-,57-,58-,59+,60+,65+,66?/m0/s1. The topological polar surface area (TPSA) is 425 Å². The minimum Gasteiger partial charge on any atom is -0.497 e. The predicted octanol–water partition coefficient (Wildman–Crippen LogP) is 5.69. The van der Waals surface area contributed by atoms with Gasteiger partial charge in [0, 0.05) is 118 Å². The average molecular weight is 1490 g/mol. The SMILES string of the molecule is CCOc1cc2cc(C(=O)N3C[C@@H](CCl)c4c3cc(OS(=O)(=O)Oc3cc(C(=O)N(C)CCOCCOCCOCCN=[N+]=[N-])ccc3O[C@@H]3O[C@H](C(=O)OC)[C@@H](C)[C@H](OC(C)=O)[C@H]3OC(C)=O)c3ccc(OC)cc43)[nH]c2cc1OC1O[C@H](C(=O)OC)[C@@H](OC(C)=O)[C@H](OC(C)=O)[C@H]1OC(C)=O. The van der Waals surface area contributed by atoms with E-state index in [-0.39, 0.29) is 111 Å². The lowest BCUT2D eigenvalue weighted by Gasteiger charge is -2.43. The highest BCUT2D eigenvalue weighted by Crippen LogP contribution is 2.48. The summed E-state index contributed by atoms with van der Waals surface area (Å²) in [5.74, 6) is -11.1. The quantitative estimate of drug-likeness (QED) is 0.0100. The third kappa shape index (κ3) is 19.6. The molecule has 3 aliphatic heterocycles. The third-order valence-electron chi connectivity index (χ3n) is 15.9. The van der Waals surface area contributed by atoms with E-state index in [2.05, 4.69) is 15.0 Å². The zero-order valence-electron chi connectivity index (χ0n) is 57.8. The molecule has 558 valence electrons. The summed E-state index contributed by atoms with van der Waals surface area (Å²) in [7, 11) is -0.529. The average Bonchev–Trinajstić information content (AvgIpc) is 1.64. The Kier molecular flexibility index (Phi) is 27.4. The zero-order valence-corrected chi connectivity index (χ0v) is 59.3. The van der Waals surface area contributed by atoms with Gasteiger partial charge < -0.3 is 98.9 Å². The van der Waals surface area contributed by atoms with Crippen LogP contribution in [0, 0.1) is 5.92 Å². The Hall–Kier alpha value is -9.94. The number of carbonyl (C=O) groups excluding carboxylic acids is 9. The lowest BCUT2D eigenvalue weighted by molar-refractivity contribution is -0.282. The van der Waals surface area contributed by atoms with Gasteiger partial charge >= 0.3 is 52.2 Å². The molecular weight excluding hydrogens is 1410 g/mol. The van der Waals surface area contributed by atoms with Crippen LogP contribution in [0.4, 0.5) is 5.69 Å². The largest absolute Gasteiger partial charge is 0.501 e. The van der Waals surface area contributed by atoms with Crippen LogP contribution < -0.4 is 32.2 Å². The van der Waals surface area contributed by atoms with Crippen LogP contribution in [-0.4, -0.2) is 227 Å². The first-order valence-electron chi connectivity index (χ1n) is 31.9. The van der Waals surface area contributed by atoms with Gasteiger partial charge in [-0.25, -0.2) is 9.59 Å². The van der Waals surface area contributed by atoms with Crippen LogP contribution in [-0.2, 0) is 101 Å². The van der Waals surface area contributed by atoms with Crippen molar-refractivity contribution in [1.29, 1.82) is 0 Å². The Morgan fingerprint density at radius 2 is 1.22 bits per heavy atom. The molecule has 11 atom stereocenters. The molecule has 0 bridgehead atoms. The Morgan fingerprint density at radius 3 is 1.83 bits per heavy atom. The van der Waals surface area contributed by atoms with Crippen molar-refractivity contribution in [2.24, 2.45) is 11.0 Å². The summed E-state index contributed by atoms with van der Waals surface area (Å²) in [5.41, 5.74) is 9.00. The van der Waals surface area contributed by atoms with E-state index in [0.717, 1.165) is 61.0 Å². The molecule has 2 fully saturated rings. The highest BCUT2D eigenvalue weighted by atomic mass is 35.5. The molecular formula is C66H77ClN6O29S. The van der Waals surface area contributed by atoms with E-state index >= 15 is 4.79 Å². The number of aromatic amines is 1. The number of ether oxygens (including phenoxy) is 16. The Labute approximate surface area is 594 Å². The molecule has 0 spiro atoms. The molecule has 1 unspecified atom stereocenters. The molecule has 2 saturated heterocycles. The summed E-state index contributed by atoms with van der Waals surface area (Å²) in [6.07, 6.45) is -15.2. The van der Waals surface area contributed by atoms with Crippen molar-refractivity contribution in [3.8, 4) is 34.5 Å². The molecule has 1 N–H and O–H groups in total. The predicted molar refractivity (Wildman–Crippen MR) is 355 cm³/mol. The number of alkyl halides is 1. The van der Waals surface area contributed by atoms with Crippen LogP contribution in [0.25, 0.3) is 32.1 Å². The number of hydrogen-bond donors (Lipinski definition) is 1. The van der Waals surface area contributed by atoms with E-state index in [0.29, 0.717) is 22.1 Å². The van der Waals surface area contributed by atoms with Crippen molar-refractivity contribution < 1.29 is 136 Å². The Morgan fingerprint density at radius 1 is 0.650 bits per heavy atom. The maximum atomic E-state index is 15.2. The first kappa shape index (κ1) is 78.8. The number of likely N-dealkylation sites (N-methyl/N-ethyl adjacent to an activating group) is 1. The van der Waals surface area contributed by atoms with Gasteiger partial charge in [0.25, 0.3) is 11.8 Å². The van der Waals surface area contributed by atoms with Crippen molar-refractivity contribution in [3.63, 3.8) is 0 Å². The normalized spacial score (nSPS) is 21.3. The number of fused-ring (bicyclic) bond motifs is 4. The van der Waals surface area contributed by atoms with E-state index < -0.39 is 148 Å². The number of H-pyrrole nitrogens is 1. The highest BCUT2D eigenvalue weighted by molar-refractivity contribution is 7.82. The molecule has 4 heterocycles. The fraction of sp³-hybridized carbons (Fsp3) is 0.500. The van der Waals surface area contributed by atoms with Gasteiger partial charge in [0.15, 0.2) is 59.3 Å². The van der Waals surface area contributed by atoms with E-state index in [4.69, 9.17) is 101 Å². The molecule has 4 aromatic carbocycles. The first-order chi connectivity index (χ1) is 49.1. The fourth-order valence-corrected chi connectivity index (χ4v) is 12.5. The lowest BCUT2D eigenvalue weighted by Crippen LogP contribution is -2.64. The van der Waals surface area contributed by atoms with Crippen molar-refractivity contribution in [2.75, 3.05) is 105 Å². The second kappa shape index (κ2) is 35.8. The fourth-order valence-electron chi connectivity index (χ4n) is 11.5. The summed E-state index contributed by atoms with van der Waals surface area (Å²) in [4.78, 5) is 127. The molecule has 0 aliphatic carbocycles. The van der Waals surface area contributed by atoms with Gasteiger partial charge in [-0.1, -0.05) is 12.0 Å². The number of rotatable bonds is 33. The maximum absolute atomic E-state index is 15.2. The molecule has 103 heavy (non-hydrogen) atoms. The second-order valence-corrected chi connectivity index (χ2v) is 24.6. The van der Waals surface area contributed by atoms with Crippen LogP contribution in [0.2, 0.25) is 0 Å². The number of nitrogens with zero attached hydrogens (tertiary/aromatic N) is 5. The molecule has 35 nitrogen and oxygen atoms in total. The maximum Gasteiger partial charge on any atom is 0.501 e. The molecule has 8 rings (SSSR count). The van der Waals surface area contributed by atoms with Gasteiger partial charge in [-0.3, -0.25) is 33.6 Å². The number of amides is 2. The number of esters is 7. The number of azide groups is 1. The summed E-state index contributed by atoms with van der Waals surface area (Å²) in [5, 5.41) is 4.23. The van der Waals surface area contributed by atoms with Crippen molar-refractivity contribution in [3.05, 3.63) is 87.9 Å². The van der Waals surface area contributed by atoms with Gasteiger partial charge in [0.1, 0.15) is 11.4 Å². The summed E-state index contributed by atoms with van der Waals surface area (Å²) in [6, 6.07) is 13.7. The number of benzene rings is 4. The van der Waals surface area contributed by atoms with Crippen LogP contribution in [0.5, 0.6) is 34.5 Å². The van der Waals surface area contributed by atoms with Crippen LogP contribution in [0.1, 0.15) is 80.8 Å². The summed E-state index contributed by atoms with van der Waals surface area (Å²) >= 11 is 6.72. The molecule has 0 radical (unpaired) electrons. The number of halogens is 1. The second-order valence-electron chi connectivity index (χ2n) is 23.1. The van der Waals surface area contributed by atoms with Crippen LogP contribution in [0.15, 0.2) is 65.8 Å². The van der Waals surface area contributed by atoms with Crippen molar-refractivity contribution in [1.82, 2.24) is 9.88 Å². The number of aromatic nitrogens is 1. The molecule has 3 aliphatic rings. The highest BCUT2D eigenvalue weighted by Gasteiger charge is 2.57. The summed E-state index contributed by atoms with van der Waals surface area (Å²) < 4.78 is 132. The number of methoxy groups -OCH3 is 3. The molecule has 1 aromatic heterocycles. The van der Waals surface area contributed by atoms with Gasteiger partial charge in [0.2, 0.25) is 24.8 Å². The van der Waals surface area contributed by atoms with Gasteiger partial charge in [-0.15, -0.1) is 20.0 Å². The minimum absolute atomic E-state index is 0.00915. The van der Waals surface area contributed by atoms with Crippen molar-refractivity contribution in [2.45, 2.75) is 110 Å².